The highest BCUT2D eigenvalue weighted by Gasteiger charge is 2.20. The Labute approximate surface area is 108 Å². The molecule has 18 heavy (non-hydrogen) atoms. The Morgan fingerprint density at radius 1 is 1.39 bits per heavy atom. The molecule has 0 saturated carbocycles. The molecule has 4 heteroatoms. The molecule has 0 fully saturated rings. The predicted molar refractivity (Wildman–Crippen MR) is 68.2 cm³/mol. The second kappa shape index (κ2) is 5.98. The van der Waals surface area contributed by atoms with Gasteiger partial charge < -0.3 is 14.6 Å². The summed E-state index contributed by atoms with van der Waals surface area (Å²) in [4.78, 5) is 11.3. The summed E-state index contributed by atoms with van der Waals surface area (Å²) in [6, 6.07) is 7.24. The van der Waals surface area contributed by atoms with Gasteiger partial charge in [0.25, 0.3) is 0 Å². The van der Waals surface area contributed by atoms with Gasteiger partial charge in [-0.2, -0.15) is 0 Å². The molecule has 0 radical (unpaired) electrons. The lowest BCUT2D eigenvalue weighted by molar-refractivity contribution is -0.150. The maximum absolute atomic E-state index is 11.3. The van der Waals surface area contributed by atoms with Crippen LogP contribution in [0.2, 0.25) is 0 Å². The van der Waals surface area contributed by atoms with Gasteiger partial charge in [-0.05, 0) is 25.0 Å². The van der Waals surface area contributed by atoms with Crippen LogP contribution in [0.4, 0.5) is 0 Å². The molecule has 0 amide bonds. The molecule has 0 aliphatic heterocycles. The smallest absolute Gasteiger partial charge is 0.339 e. The Morgan fingerprint density at radius 2 is 2.06 bits per heavy atom. The van der Waals surface area contributed by atoms with Crippen LogP contribution in [0, 0.1) is 0 Å². The summed E-state index contributed by atoms with van der Waals surface area (Å²) in [5.41, 5.74) is 1.25. The number of carbonyl (C=O) groups excluding carboxylic acids is 1. The highest BCUT2D eigenvalue weighted by molar-refractivity contribution is 5.76. The zero-order valence-corrected chi connectivity index (χ0v) is 11.3. The van der Waals surface area contributed by atoms with Crippen molar-refractivity contribution in [2.45, 2.75) is 32.0 Å². The molecule has 0 heterocycles. The minimum absolute atomic E-state index is 0.283. The number of methoxy groups -OCH3 is 2. The van der Waals surface area contributed by atoms with E-state index in [-0.39, 0.29) is 5.60 Å². The fraction of sp³-hybridized carbons (Fsp3) is 0.500. The van der Waals surface area contributed by atoms with E-state index in [1.165, 1.54) is 7.11 Å². The van der Waals surface area contributed by atoms with Crippen molar-refractivity contribution >= 4 is 5.97 Å². The van der Waals surface area contributed by atoms with Gasteiger partial charge in [0.05, 0.1) is 12.7 Å². The highest BCUT2D eigenvalue weighted by atomic mass is 16.5. The van der Waals surface area contributed by atoms with Crippen LogP contribution in [0.3, 0.4) is 0 Å². The number of aliphatic hydroxyl groups excluding tert-OH is 1. The molecule has 0 saturated heterocycles. The minimum atomic E-state index is -1.24. The first-order valence-corrected chi connectivity index (χ1v) is 5.79. The van der Waals surface area contributed by atoms with Crippen molar-refractivity contribution in [3.05, 3.63) is 35.4 Å². The number of hydrogen-bond donors (Lipinski definition) is 1. The number of ether oxygens (including phenoxy) is 2. The SMILES string of the molecule is COC(=O)C(O)c1cccc(CC(C)(C)OC)c1. The van der Waals surface area contributed by atoms with Crippen LogP contribution in [-0.4, -0.2) is 30.9 Å². The molecule has 1 aromatic carbocycles. The molecule has 1 aromatic rings. The van der Waals surface area contributed by atoms with E-state index in [0.29, 0.717) is 12.0 Å². The molecule has 0 bridgehead atoms. The zero-order chi connectivity index (χ0) is 13.8. The van der Waals surface area contributed by atoms with E-state index in [1.807, 2.05) is 26.0 Å². The van der Waals surface area contributed by atoms with E-state index in [2.05, 4.69) is 4.74 Å². The predicted octanol–water partition coefficient (Wildman–Crippen LogP) is 1.86. The first-order chi connectivity index (χ1) is 8.39. The Bertz CT molecular complexity index is 412. The molecule has 0 aliphatic rings. The summed E-state index contributed by atoms with van der Waals surface area (Å²) in [7, 11) is 2.91. The largest absolute Gasteiger partial charge is 0.467 e. The molecular formula is C14H20O4. The molecule has 0 aliphatic carbocycles. The Balaban J connectivity index is 2.89. The average molecular weight is 252 g/mol. The van der Waals surface area contributed by atoms with Gasteiger partial charge in [-0.3, -0.25) is 0 Å². The standard InChI is InChI=1S/C14H20O4/c1-14(2,18-4)9-10-6-5-7-11(8-10)12(15)13(16)17-3/h5-8,12,15H,9H2,1-4H3. The van der Waals surface area contributed by atoms with Crippen LogP contribution in [0.15, 0.2) is 24.3 Å². The van der Waals surface area contributed by atoms with E-state index < -0.39 is 12.1 Å². The van der Waals surface area contributed by atoms with Crippen LogP contribution in [0.1, 0.15) is 31.1 Å². The van der Waals surface area contributed by atoms with Gasteiger partial charge in [-0.25, -0.2) is 4.79 Å². The number of rotatable bonds is 5. The summed E-state index contributed by atoms with van der Waals surface area (Å²) < 4.78 is 9.87. The van der Waals surface area contributed by atoms with E-state index in [0.717, 1.165) is 5.56 Å². The van der Waals surface area contributed by atoms with Crippen LogP contribution in [0.25, 0.3) is 0 Å². The second-order valence-corrected chi connectivity index (χ2v) is 4.81. The van der Waals surface area contributed by atoms with Crippen molar-refractivity contribution in [2.75, 3.05) is 14.2 Å². The Kier molecular flexibility index (Phi) is 4.87. The summed E-state index contributed by atoms with van der Waals surface area (Å²) in [6.07, 6.45) is -0.536. The number of benzene rings is 1. The summed E-state index contributed by atoms with van der Waals surface area (Å²) >= 11 is 0. The van der Waals surface area contributed by atoms with Gasteiger partial charge in [-0.1, -0.05) is 24.3 Å². The lowest BCUT2D eigenvalue weighted by atomic mass is 9.96. The molecule has 1 N–H and O–H groups in total. The van der Waals surface area contributed by atoms with Crippen molar-refractivity contribution < 1.29 is 19.4 Å². The number of hydrogen-bond acceptors (Lipinski definition) is 4. The molecule has 0 spiro atoms. The number of esters is 1. The molecule has 4 nitrogen and oxygen atoms in total. The van der Waals surface area contributed by atoms with Crippen molar-refractivity contribution in [3.8, 4) is 0 Å². The topological polar surface area (TPSA) is 55.8 Å². The van der Waals surface area contributed by atoms with E-state index in [1.54, 1.807) is 19.2 Å². The zero-order valence-electron chi connectivity index (χ0n) is 11.3. The average Bonchev–Trinajstić information content (AvgIpc) is 2.36. The quantitative estimate of drug-likeness (QED) is 0.813. The van der Waals surface area contributed by atoms with Gasteiger partial charge in [0.15, 0.2) is 6.10 Å². The van der Waals surface area contributed by atoms with E-state index in [4.69, 9.17) is 4.74 Å². The second-order valence-electron chi connectivity index (χ2n) is 4.81. The molecule has 0 aromatic heterocycles. The maximum Gasteiger partial charge on any atom is 0.339 e. The molecule has 100 valence electrons. The van der Waals surface area contributed by atoms with Crippen molar-refractivity contribution in [1.29, 1.82) is 0 Å². The first kappa shape index (κ1) is 14.7. The third kappa shape index (κ3) is 3.82. The van der Waals surface area contributed by atoms with Crippen molar-refractivity contribution in [1.82, 2.24) is 0 Å². The van der Waals surface area contributed by atoms with Crippen LogP contribution >= 0.6 is 0 Å². The summed E-state index contributed by atoms with van der Waals surface area (Å²) in [5.74, 6) is -0.654. The van der Waals surface area contributed by atoms with Crippen molar-refractivity contribution in [3.63, 3.8) is 0 Å². The van der Waals surface area contributed by atoms with Crippen molar-refractivity contribution in [2.24, 2.45) is 0 Å². The van der Waals surface area contributed by atoms with E-state index >= 15 is 0 Å². The Hall–Kier alpha value is -1.39. The van der Waals surface area contributed by atoms with E-state index in [9.17, 15) is 9.90 Å². The third-order valence-corrected chi connectivity index (χ3v) is 2.87. The van der Waals surface area contributed by atoms with Gasteiger partial charge in [0.1, 0.15) is 0 Å². The Morgan fingerprint density at radius 3 is 2.61 bits per heavy atom. The maximum atomic E-state index is 11.3. The molecule has 1 rings (SSSR count). The lowest BCUT2D eigenvalue weighted by Crippen LogP contribution is -2.25. The molecular weight excluding hydrogens is 232 g/mol. The lowest BCUT2D eigenvalue weighted by Gasteiger charge is -2.23. The highest BCUT2D eigenvalue weighted by Crippen LogP contribution is 2.20. The van der Waals surface area contributed by atoms with Gasteiger partial charge in [-0.15, -0.1) is 0 Å². The molecule has 1 atom stereocenters. The van der Waals surface area contributed by atoms with Gasteiger partial charge in [0.2, 0.25) is 0 Å². The third-order valence-electron chi connectivity index (χ3n) is 2.87. The minimum Gasteiger partial charge on any atom is -0.467 e. The number of carbonyl (C=O) groups is 1. The van der Waals surface area contributed by atoms with Gasteiger partial charge >= 0.3 is 5.97 Å². The van der Waals surface area contributed by atoms with Crippen LogP contribution in [0.5, 0.6) is 0 Å². The fourth-order valence-electron chi connectivity index (χ4n) is 1.68. The molecule has 1 unspecified atom stereocenters. The first-order valence-electron chi connectivity index (χ1n) is 5.79. The van der Waals surface area contributed by atoms with Gasteiger partial charge in [0, 0.05) is 13.5 Å². The van der Waals surface area contributed by atoms with Crippen LogP contribution < -0.4 is 0 Å². The summed E-state index contributed by atoms with van der Waals surface area (Å²) in [5, 5.41) is 9.76. The summed E-state index contributed by atoms with van der Waals surface area (Å²) in [6.45, 7) is 3.97. The monoisotopic (exact) mass is 252 g/mol. The number of aliphatic hydroxyl groups is 1. The fourth-order valence-corrected chi connectivity index (χ4v) is 1.68. The normalized spacial score (nSPS) is 13.2. The van der Waals surface area contributed by atoms with Crippen LogP contribution in [-0.2, 0) is 20.7 Å².